The van der Waals surface area contributed by atoms with Crippen molar-refractivity contribution in [1.82, 2.24) is 0 Å². The largest absolute Gasteiger partial charge is 0.198 e. The molecular weight excluding hydrogens is 186 g/mol. The lowest BCUT2D eigenvalue weighted by atomic mass is 10.3. The van der Waals surface area contributed by atoms with E-state index in [0.717, 1.165) is 23.9 Å². The molecular formula is C12H20NSi. The van der Waals surface area contributed by atoms with Gasteiger partial charge in [0.15, 0.2) is 0 Å². The number of nitriles is 1. The maximum atomic E-state index is 8.36. The van der Waals surface area contributed by atoms with Gasteiger partial charge in [-0.1, -0.05) is 27.7 Å². The second-order valence-electron chi connectivity index (χ2n) is 4.08. The molecule has 0 saturated heterocycles. The Morgan fingerprint density at radius 2 is 1.64 bits per heavy atom. The van der Waals surface area contributed by atoms with Gasteiger partial charge in [0.25, 0.3) is 0 Å². The van der Waals surface area contributed by atoms with Gasteiger partial charge in [0.05, 0.1) is 6.07 Å². The van der Waals surface area contributed by atoms with Gasteiger partial charge >= 0.3 is 0 Å². The fraction of sp³-hybridized carbons (Fsp3) is 0.750. The van der Waals surface area contributed by atoms with Gasteiger partial charge in [0.1, 0.15) is 8.80 Å². The van der Waals surface area contributed by atoms with Crippen LogP contribution in [0, 0.1) is 22.8 Å². The van der Waals surface area contributed by atoms with Crippen LogP contribution >= 0.6 is 0 Å². The van der Waals surface area contributed by atoms with Gasteiger partial charge in [-0.2, -0.15) is 5.26 Å². The SMILES string of the molecule is CC(C)[Si](C#CCCCC#N)C(C)C. The topological polar surface area (TPSA) is 23.8 Å². The van der Waals surface area contributed by atoms with E-state index in [-0.39, 0.29) is 0 Å². The Morgan fingerprint density at radius 1 is 1.07 bits per heavy atom. The fourth-order valence-corrected chi connectivity index (χ4v) is 3.62. The third-order valence-corrected chi connectivity index (χ3v) is 5.02. The number of unbranched alkanes of at least 4 members (excludes halogenated alkanes) is 2. The molecule has 0 bridgehead atoms. The molecule has 1 radical (unpaired) electrons. The Bertz CT molecular complexity index is 231. The second kappa shape index (κ2) is 7.65. The first-order chi connectivity index (χ1) is 6.59. The molecule has 77 valence electrons. The molecule has 0 saturated carbocycles. The lowest BCUT2D eigenvalue weighted by molar-refractivity contribution is 0.893. The highest BCUT2D eigenvalue weighted by molar-refractivity contribution is 6.70. The summed E-state index contributed by atoms with van der Waals surface area (Å²) in [5.74, 6) is 3.23. The van der Waals surface area contributed by atoms with E-state index in [4.69, 9.17) is 5.26 Å². The summed E-state index contributed by atoms with van der Waals surface area (Å²) in [5, 5.41) is 8.36. The quantitative estimate of drug-likeness (QED) is 0.392. The number of hydrogen-bond acceptors (Lipinski definition) is 1. The third kappa shape index (κ3) is 5.83. The Hall–Kier alpha value is -0.733. The molecule has 0 rings (SSSR count). The molecule has 1 nitrogen and oxygen atoms in total. The van der Waals surface area contributed by atoms with Crippen LogP contribution in [0.5, 0.6) is 0 Å². The van der Waals surface area contributed by atoms with Crippen LogP contribution < -0.4 is 0 Å². The minimum absolute atomic E-state index is 0.510. The van der Waals surface area contributed by atoms with Crippen molar-refractivity contribution < 1.29 is 0 Å². The van der Waals surface area contributed by atoms with Crippen LogP contribution in [0.3, 0.4) is 0 Å². The van der Waals surface area contributed by atoms with E-state index < -0.39 is 8.80 Å². The molecule has 0 fully saturated rings. The Kier molecular flexibility index (Phi) is 7.25. The average Bonchev–Trinajstić information content (AvgIpc) is 2.09. The van der Waals surface area contributed by atoms with Gasteiger partial charge in [0.2, 0.25) is 0 Å². The van der Waals surface area contributed by atoms with Gasteiger partial charge in [0, 0.05) is 12.8 Å². The zero-order chi connectivity index (χ0) is 11.0. The van der Waals surface area contributed by atoms with Crippen LogP contribution in [0.2, 0.25) is 11.1 Å². The van der Waals surface area contributed by atoms with Crippen molar-refractivity contribution in [3.05, 3.63) is 0 Å². The average molecular weight is 206 g/mol. The number of hydrogen-bond donors (Lipinski definition) is 0. The highest BCUT2D eigenvalue weighted by Gasteiger charge is 2.17. The molecule has 0 atom stereocenters. The molecule has 0 unspecified atom stereocenters. The van der Waals surface area contributed by atoms with Crippen molar-refractivity contribution >= 4 is 8.80 Å². The molecule has 0 aliphatic rings. The predicted molar refractivity (Wildman–Crippen MR) is 63.2 cm³/mol. The van der Waals surface area contributed by atoms with E-state index in [9.17, 15) is 0 Å². The molecule has 0 amide bonds. The summed E-state index contributed by atoms with van der Waals surface area (Å²) >= 11 is 0. The highest BCUT2D eigenvalue weighted by Crippen LogP contribution is 2.18. The lowest BCUT2D eigenvalue weighted by Crippen LogP contribution is -2.18. The Morgan fingerprint density at radius 3 is 2.07 bits per heavy atom. The van der Waals surface area contributed by atoms with E-state index in [1.807, 2.05) is 0 Å². The lowest BCUT2D eigenvalue weighted by Gasteiger charge is -2.15. The third-order valence-electron chi connectivity index (χ3n) is 2.07. The summed E-state index contributed by atoms with van der Waals surface area (Å²) in [6, 6.07) is 2.14. The van der Waals surface area contributed by atoms with E-state index in [0.29, 0.717) is 6.42 Å². The first kappa shape index (κ1) is 13.3. The molecule has 0 aromatic carbocycles. The van der Waals surface area contributed by atoms with Gasteiger partial charge in [-0.05, 0) is 17.5 Å². The molecule has 14 heavy (non-hydrogen) atoms. The summed E-state index contributed by atoms with van der Waals surface area (Å²) in [7, 11) is -0.510. The van der Waals surface area contributed by atoms with Gasteiger partial charge in [-0.15, -0.1) is 11.5 Å². The highest BCUT2D eigenvalue weighted by atomic mass is 28.3. The van der Waals surface area contributed by atoms with Crippen LogP contribution in [0.1, 0.15) is 47.0 Å². The molecule has 0 aromatic rings. The van der Waals surface area contributed by atoms with E-state index in [2.05, 4.69) is 45.2 Å². The van der Waals surface area contributed by atoms with Crippen molar-refractivity contribution in [2.45, 2.75) is 58.0 Å². The van der Waals surface area contributed by atoms with Crippen molar-refractivity contribution in [2.75, 3.05) is 0 Å². The van der Waals surface area contributed by atoms with Crippen molar-refractivity contribution in [3.8, 4) is 17.5 Å². The van der Waals surface area contributed by atoms with Crippen molar-refractivity contribution in [2.24, 2.45) is 0 Å². The minimum Gasteiger partial charge on any atom is -0.198 e. The number of rotatable bonds is 4. The van der Waals surface area contributed by atoms with Crippen LogP contribution in [-0.4, -0.2) is 8.80 Å². The summed E-state index contributed by atoms with van der Waals surface area (Å²) in [5.41, 5.74) is 4.87. The predicted octanol–water partition coefficient (Wildman–Crippen LogP) is 3.54. The zero-order valence-electron chi connectivity index (χ0n) is 9.72. The summed E-state index contributed by atoms with van der Waals surface area (Å²) < 4.78 is 0. The normalized spacial score (nSPS) is 10.1. The Labute approximate surface area is 90.1 Å². The Balaban J connectivity index is 3.97. The molecule has 0 heterocycles. The minimum atomic E-state index is -0.510. The fourth-order valence-electron chi connectivity index (χ4n) is 1.38. The number of nitrogens with zero attached hydrogens (tertiary/aromatic N) is 1. The smallest absolute Gasteiger partial charge is 0.150 e. The van der Waals surface area contributed by atoms with E-state index in [1.165, 1.54) is 0 Å². The molecule has 2 heteroatoms. The van der Waals surface area contributed by atoms with Crippen molar-refractivity contribution in [1.29, 1.82) is 5.26 Å². The van der Waals surface area contributed by atoms with Crippen LogP contribution in [-0.2, 0) is 0 Å². The van der Waals surface area contributed by atoms with Crippen LogP contribution in [0.4, 0.5) is 0 Å². The molecule has 0 aliphatic carbocycles. The standard InChI is InChI=1S/C12H20NSi/c1-11(2)14(12(3)4)10-8-6-5-7-9-13/h11-12H,5-7H2,1-4H3. The summed E-state index contributed by atoms with van der Waals surface area (Å²) in [6.07, 6.45) is 2.45. The first-order valence-corrected chi connectivity index (χ1v) is 6.97. The van der Waals surface area contributed by atoms with Gasteiger partial charge < -0.3 is 0 Å². The van der Waals surface area contributed by atoms with E-state index in [1.54, 1.807) is 0 Å². The van der Waals surface area contributed by atoms with Crippen LogP contribution in [0.25, 0.3) is 0 Å². The summed E-state index contributed by atoms with van der Waals surface area (Å²) in [6.45, 7) is 9.05. The maximum Gasteiger partial charge on any atom is 0.150 e. The second-order valence-corrected chi connectivity index (χ2v) is 7.55. The van der Waals surface area contributed by atoms with Crippen LogP contribution in [0.15, 0.2) is 0 Å². The molecule has 0 aliphatic heterocycles. The maximum absolute atomic E-state index is 8.36. The van der Waals surface area contributed by atoms with Gasteiger partial charge in [-0.25, -0.2) is 0 Å². The summed E-state index contributed by atoms with van der Waals surface area (Å²) in [4.78, 5) is 0. The van der Waals surface area contributed by atoms with Crippen molar-refractivity contribution in [3.63, 3.8) is 0 Å². The monoisotopic (exact) mass is 206 g/mol. The molecule has 0 aromatic heterocycles. The molecule has 0 N–H and O–H groups in total. The first-order valence-electron chi connectivity index (χ1n) is 5.32. The zero-order valence-corrected chi connectivity index (χ0v) is 10.7. The molecule has 0 spiro atoms. The van der Waals surface area contributed by atoms with Gasteiger partial charge in [-0.3, -0.25) is 0 Å². The van der Waals surface area contributed by atoms with E-state index >= 15 is 0 Å².